The predicted octanol–water partition coefficient (Wildman–Crippen LogP) is 6.55. The average molecular weight is 568 g/mol. The van der Waals surface area contributed by atoms with Crippen LogP contribution in [0.25, 0.3) is 17.0 Å². The fourth-order valence-electron chi connectivity index (χ4n) is 4.82. The highest BCUT2D eigenvalue weighted by atomic mass is 35.5. The first-order valence-electron chi connectivity index (χ1n) is 12.3. The van der Waals surface area contributed by atoms with E-state index >= 15 is 0 Å². The van der Waals surface area contributed by atoms with Gasteiger partial charge >= 0.3 is 12.2 Å². The number of carbonyl (C=O) groups excluding carboxylic acids is 1. The summed E-state index contributed by atoms with van der Waals surface area (Å²) in [5.74, 6) is -0.487. The van der Waals surface area contributed by atoms with E-state index in [-0.39, 0.29) is 17.1 Å². The van der Waals surface area contributed by atoms with E-state index in [4.69, 9.17) is 11.6 Å². The van der Waals surface area contributed by atoms with Crippen LogP contribution in [0.4, 0.5) is 22.4 Å². The van der Waals surface area contributed by atoms with Crippen molar-refractivity contribution in [3.05, 3.63) is 105 Å². The summed E-state index contributed by atoms with van der Waals surface area (Å²) in [7, 11) is 0. The molecule has 0 unspecified atom stereocenters. The molecule has 1 aliphatic heterocycles. The Kier molecular flexibility index (Phi) is 7.61. The number of fused-ring (bicyclic) bond motifs is 3. The van der Waals surface area contributed by atoms with E-state index in [0.717, 1.165) is 28.9 Å². The van der Waals surface area contributed by atoms with Gasteiger partial charge in [-0.15, -0.1) is 0 Å². The van der Waals surface area contributed by atoms with Crippen LogP contribution < -0.4 is 5.32 Å². The quantitative estimate of drug-likeness (QED) is 0.278. The molecule has 2 aromatic heterocycles. The van der Waals surface area contributed by atoms with E-state index in [0.29, 0.717) is 42.7 Å². The van der Waals surface area contributed by atoms with Gasteiger partial charge in [-0.3, -0.25) is 14.5 Å². The van der Waals surface area contributed by atoms with Crippen LogP contribution in [0, 0.1) is 17.1 Å². The van der Waals surface area contributed by atoms with Gasteiger partial charge in [0.1, 0.15) is 11.5 Å². The van der Waals surface area contributed by atoms with Crippen LogP contribution in [-0.2, 0) is 25.7 Å². The molecule has 204 valence electrons. The minimum Gasteiger partial charge on any atom is -0.333 e. The molecular formula is C29H22ClF4N5O. The van der Waals surface area contributed by atoms with Crippen molar-refractivity contribution in [3.63, 3.8) is 0 Å². The summed E-state index contributed by atoms with van der Waals surface area (Å²) in [5, 5.41) is 13.0. The fourth-order valence-corrected chi connectivity index (χ4v) is 4.94. The van der Waals surface area contributed by atoms with E-state index in [1.165, 1.54) is 22.8 Å². The predicted molar refractivity (Wildman–Crippen MR) is 143 cm³/mol. The van der Waals surface area contributed by atoms with Gasteiger partial charge in [-0.05, 0) is 53.1 Å². The van der Waals surface area contributed by atoms with Gasteiger partial charge in [0.25, 0.3) is 0 Å². The first kappa shape index (κ1) is 27.4. The lowest BCUT2D eigenvalue weighted by Gasteiger charge is -2.27. The number of halogens is 5. The van der Waals surface area contributed by atoms with Crippen LogP contribution >= 0.6 is 11.6 Å². The van der Waals surface area contributed by atoms with E-state index in [9.17, 15) is 27.6 Å². The second-order valence-corrected chi connectivity index (χ2v) is 9.78. The Morgan fingerprint density at radius 2 is 2.00 bits per heavy atom. The maximum Gasteiger partial charge on any atom is 0.433 e. The molecule has 1 aliphatic rings. The van der Waals surface area contributed by atoms with Crippen molar-refractivity contribution in [3.8, 4) is 6.07 Å². The van der Waals surface area contributed by atoms with Crippen LogP contribution in [0.1, 0.15) is 33.6 Å². The Balaban J connectivity index is 1.38. The molecule has 0 saturated heterocycles. The van der Waals surface area contributed by atoms with Gasteiger partial charge in [0.15, 0.2) is 0 Å². The molecule has 0 radical (unpaired) electrons. The minimum absolute atomic E-state index is 0.0625. The number of rotatable bonds is 5. The second-order valence-electron chi connectivity index (χ2n) is 9.37. The summed E-state index contributed by atoms with van der Waals surface area (Å²) in [6.45, 7) is 1.64. The van der Waals surface area contributed by atoms with Crippen LogP contribution in [0.3, 0.4) is 0 Å². The molecule has 5 rings (SSSR count). The summed E-state index contributed by atoms with van der Waals surface area (Å²) >= 11 is 5.75. The van der Waals surface area contributed by atoms with Crippen molar-refractivity contribution in [2.45, 2.75) is 25.7 Å². The zero-order chi connectivity index (χ0) is 28.4. The summed E-state index contributed by atoms with van der Waals surface area (Å²) in [6.07, 6.45) is 0.750. The lowest BCUT2D eigenvalue weighted by atomic mass is 10.0. The molecule has 0 fully saturated rings. The molecule has 0 bridgehead atoms. The van der Waals surface area contributed by atoms with Crippen molar-refractivity contribution < 1.29 is 22.4 Å². The molecule has 6 nitrogen and oxygen atoms in total. The summed E-state index contributed by atoms with van der Waals surface area (Å²) in [4.78, 5) is 18.9. The summed E-state index contributed by atoms with van der Waals surface area (Å²) in [5.41, 5.74) is 2.59. The van der Waals surface area contributed by atoms with Crippen LogP contribution in [-0.4, -0.2) is 33.6 Å². The standard InChI is InChI=1S/C29H22ClF4N5O/c30-23-6-4-18(12-24(23)31)2-1-10-38-11-8-25-22(17-38)21-5-3-19(15-35)13-26(21)39(25)28(40)37-16-20-7-9-36-27(14-20)29(32,33)34/h1-7,9,12-14H,8,10-11,16-17H2,(H,37,40). The second kappa shape index (κ2) is 11.1. The Morgan fingerprint density at radius 3 is 2.75 bits per heavy atom. The maximum atomic E-state index is 13.7. The number of nitriles is 1. The largest absolute Gasteiger partial charge is 0.433 e. The van der Waals surface area contributed by atoms with Gasteiger partial charge in [-0.25, -0.2) is 9.18 Å². The van der Waals surface area contributed by atoms with Gasteiger partial charge in [0, 0.05) is 49.9 Å². The Hall–Kier alpha value is -4.20. The van der Waals surface area contributed by atoms with Crippen molar-refractivity contribution in [2.75, 3.05) is 13.1 Å². The number of benzene rings is 2. The zero-order valence-electron chi connectivity index (χ0n) is 21.0. The highest BCUT2D eigenvalue weighted by Gasteiger charge is 2.32. The zero-order valence-corrected chi connectivity index (χ0v) is 21.7. The van der Waals surface area contributed by atoms with Gasteiger partial charge in [0.2, 0.25) is 0 Å². The molecule has 0 atom stereocenters. The Labute approximate surface area is 232 Å². The first-order chi connectivity index (χ1) is 19.1. The van der Waals surface area contributed by atoms with Crippen LogP contribution in [0.5, 0.6) is 0 Å². The molecule has 40 heavy (non-hydrogen) atoms. The van der Waals surface area contributed by atoms with Crippen molar-refractivity contribution >= 4 is 34.6 Å². The Morgan fingerprint density at radius 1 is 1.18 bits per heavy atom. The molecule has 2 aromatic carbocycles. The molecule has 1 N–H and O–H groups in total. The highest BCUT2D eigenvalue weighted by Crippen LogP contribution is 2.32. The number of nitrogens with one attached hydrogen (secondary N) is 1. The monoisotopic (exact) mass is 567 g/mol. The van der Waals surface area contributed by atoms with E-state index in [2.05, 4.69) is 21.3 Å². The topological polar surface area (TPSA) is 74.0 Å². The number of amides is 1. The Bertz CT molecular complexity index is 1670. The normalized spacial score (nSPS) is 13.9. The van der Waals surface area contributed by atoms with Gasteiger partial charge in [-0.1, -0.05) is 35.9 Å². The highest BCUT2D eigenvalue weighted by molar-refractivity contribution is 6.30. The van der Waals surface area contributed by atoms with Gasteiger partial charge in [0.05, 0.1) is 22.2 Å². The molecule has 0 spiro atoms. The number of carbonyl (C=O) groups is 1. The lowest BCUT2D eigenvalue weighted by Crippen LogP contribution is -2.34. The van der Waals surface area contributed by atoms with E-state index in [1.54, 1.807) is 18.2 Å². The maximum absolute atomic E-state index is 13.7. The minimum atomic E-state index is -4.59. The van der Waals surface area contributed by atoms with Gasteiger partial charge < -0.3 is 5.32 Å². The molecule has 0 saturated carbocycles. The van der Waals surface area contributed by atoms with E-state index in [1.807, 2.05) is 18.2 Å². The number of alkyl halides is 3. The van der Waals surface area contributed by atoms with Gasteiger partial charge in [-0.2, -0.15) is 18.4 Å². The number of hydrogen-bond acceptors (Lipinski definition) is 4. The fraction of sp³-hybridized carbons (Fsp3) is 0.207. The van der Waals surface area contributed by atoms with Crippen molar-refractivity contribution in [2.24, 2.45) is 0 Å². The SMILES string of the molecule is N#Cc1ccc2c3c(n(C(=O)NCc4ccnc(C(F)(F)F)c4)c2c1)CCN(CC=Cc1ccc(Cl)c(F)c1)C3. The summed E-state index contributed by atoms with van der Waals surface area (Å²) < 4.78 is 54.4. The van der Waals surface area contributed by atoms with E-state index < -0.39 is 23.7 Å². The molecule has 0 aliphatic carbocycles. The van der Waals surface area contributed by atoms with Crippen LogP contribution in [0.15, 0.2) is 60.8 Å². The first-order valence-corrected chi connectivity index (χ1v) is 12.7. The third-order valence-corrected chi connectivity index (χ3v) is 7.04. The third kappa shape index (κ3) is 5.71. The smallest absolute Gasteiger partial charge is 0.333 e. The van der Waals surface area contributed by atoms with Crippen molar-refractivity contribution in [1.29, 1.82) is 5.26 Å². The van der Waals surface area contributed by atoms with Crippen LogP contribution in [0.2, 0.25) is 5.02 Å². The average Bonchev–Trinajstić information content (AvgIpc) is 3.26. The molecule has 1 amide bonds. The summed E-state index contributed by atoms with van der Waals surface area (Å²) in [6, 6.07) is 13.6. The van der Waals surface area contributed by atoms with Crippen molar-refractivity contribution in [1.82, 2.24) is 19.8 Å². The number of pyridine rings is 1. The molecule has 4 aromatic rings. The number of nitrogens with zero attached hydrogens (tertiary/aromatic N) is 4. The molecular weight excluding hydrogens is 546 g/mol. The third-order valence-electron chi connectivity index (χ3n) is 6.74. The number of hydrogen-bond donors (Lipinski definition) is 1. The lowest BCUT2D eigenvalue weighted by molar-refractivity contribution is -0.141. The molecule has 3 heterocycles. The number of aromatic nitrogens is 2. The molecule has 11 heteroatoms.